The van der Waals surface area contributed by atoms with Crippen LogP contribution in [0.5, 0.6) is 5.75 Å². The van der Waals surface area contributed by atoms with Crippen molar-refractivity contribution in [1.29, 1.82) is 0 Å². The highest BCUT2D eigenvalue weighted by Gasteiger charge is 2.74. The molecule has 234 valence electrons. The number of rotatable bonds is 6. The van der Waals surface area contributed by atoms with Crippen LogP contribution in [0.1, 0.15) is 87.4 Å². The van der Waals surface area contributed by atoms with E-state index in [9.17, 15) is 39.0 Å². The molecule has 0 spiro atoms. The Labute approximate surface area is 251 Å². The number of nitrogens with two attached hydrogens (primary N) is 1. The van der Waals surface area contributed by atoms with Gasteiger partial charge < -0.3 is 20.7 Å². The van der Waals surface area contributed by atoms with E-state index in [4.69, 9.17) is 10.5 Å². The van der Waals surface area contributed by atoms with Gasteiger partial charge in [0.05, 0.1) is 23.4 Å². The lowest BCUT2D eigenvalue weighted by atomic mass is 9.49. The lowest BCUT2D eigenvalue weighted by molar-refractivity contribution is -0.205. The minimum Gasteiger partial charge on any atom is -0.507 e. The molecule has 0 aliphatic heterocycles. The number of ether oxygens (including phenoxy) is 1. The molecule has 1 aromatic rings. The number of ketones is 4. The highest BCUT2D eigenvalue weighted by Crippen LogP contribution is 2.57. The third-order valence-corrected chi connectivity index (χ3v) is 9.52. The normalized spacial score (nSPS) is 32.3. The smallest absolute Gasteiger partial charge is 0.305 e. The number of nitrogens with zero attached hydrogens (tertiary/aromatic N) is 1. The van der Waals surface area contributed by atoms with Crippen LogP contribution in [0.25, 0.3) is 0 Å². The summed E-state index contributed by atoms with van der Waals surface area (Å²) >= 11 is 0. The van der Waals surface area contributed by atoms with Gasteiger partial charge in [-0.05, 0) is 43.0 Å². The van der Waals surface area contributed by atoms with E-state index in [1.165, 1.54) is 19.0 Å². The number of likely N-dealkylation sites (N-methyl/N-ethyl adjacent to an activating group) is 1. The minimum absolute atomic E-state index is 0.0597. The number of phenols is 1. The van der Waals surface area contributed by atoms with Crippen molar-refractivity contribution in [3.63, 3.8) is 0 Å². The summed E-state index contributed by atoms with van der Waals surface area (Å²) in [5.41, 5.74) is 3.57. The number of phenolic OH excluding ortho intramolecular Hbond substituents is 1. The Morgan fingerprint density at radius 3 is 2.19 bits per heavy atom. The van der Waals surface area contributed by atoms with E-state index >= 15 is 0 Å². The Kier molecular flexibility index (Phi) is 8.25. The Morgan fingerprint density at radius 1 is 1.09 bits per heavy atom. The van der Waals surface area contributed by atoms with Crippen molar-refractivity contribution in [2.24, 2.45) is 29.4 Å². The Morgan fingerprint density at radius 2 is 1.70 bits per heavy atom. The van der Waals surface area contributed by atoms with Crippen LogP contribution in [0.4, 0.5) is 0 Å². The number of aryl methyl sites for hydroxylation is 1. The van der Waals surface area contributed by atoms with Crippen LogP contribution in [-0.4, -0.2) is 82.0 Å². The van der Waals surface area contributed by atoms with Crippen LogP contribution in [0.2, 0.25) is 0 Å². The molecule has 11 heteroatoms. The zero-order chi connectivity index (χ0) is 32.5. The molecule has 0 radical (unpaired) electrons. The van der Waals surface area contributed by atoms with Crippen LogP contribution in [0.15, 0.2) is 6.07 Å². The number of amides is 1. The summed E-state index contributed by atoms with van der Waals surface area (Å²) < 4.78 is 5.89. The summed E-state index contributed by atoms with van der Waals surface area (Å²) in [7, 11) is 2.95. The molecule has 0 bridgehead atoms. The molecular weight excluding hydrogens is 556 g/mol. The number of hydrogen-bond donors (Lipinski definition) is 3. The first-order valence-electron chi connectivity index (χ1n) is 14.8. The van der Waals surface area contributed by atoms with Crippen molar-refractivity contribution >= 4 is 35.0 Å². The number of primary amides is 1. The number of esters is 1. The number of hydrogen-bond acceptors (Lipinski definition) is 10. The second kappa shape index (κ2) is 10.9. The predicted octanol–water partition coefficient (Wildman–Crippen LogP) is 1.61. The van der Waals surface area contributed by atoms with E-state index in [0.29, 0.717) is 24.0 Å². The van der Waals surface area contributed by atoms with Gasteiger partial charge in [-0.1, -0.05) is 54.0 Å². The second-order valence-corrected chi connectivity index (χ2v) is 13.4. The molecule has 4 rings (SSSR count). The van der Waals surface area contributed by atoms with E-state index in [-0.39, 0.29) is 17.7 Å². The largest absolute Gasteiger partial charge is 0.507 e. The fourth-order valence-corrected chi connectivity index (χ4v) is 7.64. The van der Waals surface area contributed by atoms with Crippen LogP contribution in [-0.2, 0) is 40.5 Å². The van der Waals surface area contributed by atoms with Crippen molar-refractivity contribution in [3.05, 3.63) is 28.3 Å². The van der Waals surface area contributed by atoms with Crippen LogP contribution < -0.4 is 5.73 Å². The van der Waals surface area contributed by atoms with Gasteiger partial charge in [0.25, 0.3) is 0 Å². The summed E-state index contributed by atoms with van der Waals surface area (Å²) in [4.78, 5) is 82.9. The molecule has 43 heavy (non-hydrogen) atoms. The maximum atomic E-state index is 14.5. The molecule has 3 aliphatic carbocycles. The van der Waals surface area contributed by atoms with Crippen molar-refractivity contribution < 1.29 is 43.7 Å². The molecule has 2 unspecified atom stereocenters. The third kappa shape index (κ3) is 4.63. The minimum atomic E-state index is -3.04. The summed E-state index contributed by atoms with van der Waals surface area (Å²) in [6.45, 7) is 10.9. The van der Waals surface area contributed by atoms with Gasteiger partial charge in [0, 0.05) is 17.9 Å². The molecule has 11 nitrogen and oxygen atoms in total. The molecular formula is C32H42N2O9. The van der Waals surface area contributed by atoms with Gasteiger partial charge >= 0.3 is 5.97 Å². The van der Waals surface area contributed by atoms with Gasteiger partial charge in [0.1, 0.15) is 11.9 Å². The van der Waals surface area contributed by atoms with Gasteiger partial charge in [0.15, 0.2) is 34.7 Å². The SMILES string of the molecule is CCCc1cc(C(C)(C)C)c(O)c2c1[C@@H](C)[C@H]1C(C2=O)C(=O)[C@@]2(O)C(=O)C(C(N)=O)C(=O)[C@H](N(C)C)[C@H]2[C@@H]1OC(=O)CC. The number of carbonyl (C=O) groups is 6. The van der Waals surface area contributed by atoms with Gasteiger partial charge in [-0.3, -0.25) is 33.7 Å². The van der Waals surface area contributed by atoms with Crippen LogP contribution >= 0.6 is 0 Å². The van der Waals surface area contributed by atoms with Gasteiger partial charge in [-0.25, -0.2) is 0 Å². The molecule has 2 saturated carbocycles. The zero-order valence-electron chi connectivity index (χ0n) is 26.0. The van der Waals surface area contributed by atoms with Gasteiger partial charge in [0.2, 0.25) is 5.91 Å². The molecule has 2 fully saturated rings. The van der Waals surface area contributed by atoms with Crippen molar-refractivity contribution in [2.75, 3.05) is 14.1 Å². The number of fused-ring (bicyclic) bond motifs is 3. The average Bonchev–Trinajstić information content (AvgIpc) is 2.90. The first-order chi connectivity index (χ1) is 19.9. The summed E-state index contributed by atoms with van der Waals surface area (Å²) in [6.07, 6.45) is -0.272. The second-order valence-electron chi connectivity index (χ2n) is 13.4. The van der Waals surface area contributed by atoms with Gasteiger partial charge in [-0.2, -0.15) is 0 Å². The highest BCUT2D eigenvalue weighted by molar-refractivity contribution is 6.32. The first-order valence-corrected chi connectivity index (χ1v) is 14.8. The monoisotopic (exact) mass is 598 g/mol. The Bertz CT molecular complexity index is 1420. The van der Waals surface area contributed by atoms with E-state index in [1.807, 2.05) is 33.8 Å². The van der Waals surface area contributed by atoms with Crippen LogP contribution in [0, 0.1) is 23.7 Å². The quantitative estimate of drug-likeness (QED) is 0.321. The number of aliphatic hydroxyl groups is 1. The van der Waals surface area contributed by atoms with Crippen molar-refractivity contribution in [3.8, 4) is 5.75 Å². The molecule has 0 saturated heterocycles. The summed E-state index contributed by atoms with van der Waals surface area (Å²) in [5, 5.41) is 23.7. The van der Waals surface area contributed by atoms with Crippen molar-refractivity contribution in [2.45, 2.75) is 89.9 Å². The summed E-state index contributed by atoms with van der Waals surface area (Å²) in [5.74, 6) is -13.9. The zero-order valence-corrected chi connectivity index (χ0v) is 26.0. The van der Waals surface area contributed by atoms with E-state index < -0.39 is 87.8 Å². The standard InChI is InChI=1S/C32H42N2O9/c1-9-11-14-12-15(31(4,5)6)24(36)19-17(14)13(3)18-20(25(19)37)28(39)32(42)22(27(18)43-16(35)10-2)23(34(7)8)26(38)21(29(32)40)30(33)41/h12-13,18,20-23,27,36,42H,9-11H2,1-8H3,(H2,33,41)/t13-,18+,20?,21?,22+,23-,27-,32-/m1/s1. The number of carbonyl (C=O) groups excluding carboxylic acids is 6. The maximum absolute atomic E-state index is 14.5. The molecule has 1 aromatic carbocycles. The molecule has 4 N–H and O–H groups in total. The maximum Gasteiger partial charge on any atom is 0.305 e. The number of aromatic hydroxyl groups is 1. The fourth-order valence-electron chi connectivity index (χ4n) is 7.64. The highest BCUT2D eigenvalue weighted by atomic mass is 16.5. The lowest BCUT2D eigenvalue weighted by Gasteiger charge is -2.56. The van der Waals surface area contributed by atoms with Gasteiger partial charge in [-0.15, -0.1) is 0 Å². The first kappa shape index (κ1) is 32.5. The van der Waals surface area contributed by atoms with Crippen LogP contribution in [0.3, 0.4) is 0 Å². The molecule has 1 amide bonds. The van der Waals surface area contributed by atoms with E-state index in [2.05, 4.69) is 0 Å². The average molecular weight is 599 g/mol. The molecule has 0 heterocycles. The predicted molar refractivity (Wildman–Crippen MR) is 154 cm³/mol. The Hall–Kier alpha value is -3.44. The number of benzene rings is 1. The number of Topliss-reactive ketones (excluding diaryl/α,β-unsaturated/α-hetero) is 4. The van der Waals surface area contributed by atoms with Crippen molar-refractivity contribution in [1.82, 2.24) is 4.90 Å². The fraction of sp³-hybridized carbons (Fsp3) is 0.625. The lowest BCUT2D eigenvalue weighted by Crippen LogP contribution is -2.78. The summed E-state index contributed by atoms with van der Waals surface area (Å²) in [6, 6.07) is 0.444. The molecule has 0 aromatic heterocycles. The molecule has 3 aliphatic rings. The van der Waals surface area contributed by atoms with E-state index in [1.54, 1.807) is 13.8 Å². The Balaban J connectivity index is 2.09. The molecule has 8 atom stereocenters. The topological polar surface area (TPSA) is 181 Å². The third-order valence-electron chi connectivity index (χ3n) is 9.52. The van der Waals surface area contributed by atoms with E-state index in [0.717, 1.165) is 5.56 Å².